The molecule has 2 aliphatic rings. The average molecular weight is 352 g/mol. The van der Waals surface area contributed by atoms with E-state index in [0.717, 1.165) is 37.8 Å². The number of likely N-dealkylation sites (N-methyl/N-ethyl adjacent to an activating group) is 1. The number of nitrogens with zero attached hydrogens (tertiary/aromatic N) is 3. The van der Waals surface area contributed by atoms with E-state index in [1.54, 1.807) is 16.5 Å². The van der Waals surface area contributed by atoms with Crippen molar-refractivity contribution in [2.45, 2.75) is 12.5 Å². The molecule has 0 fully saturated rings. The van der Waals surface area contributed by atoms with Gasteiger partial charge < -0.3 is 4.90 Å². The largest absolute Gasteiger partial charge is 0.345 e. The Morgan fingerprint density at radius 3 is 2.52 bits per heavy atom. The molecule has 0 saturated heterocycles. The zero-order chi connectivity index (χ0) is 17.5. The van der Waals surface area contributed by atoms with Crippen LogP contribution >= 0.6 is 11.8 Å². The molecule has 0 saturated carbocycles. The van der Waals surface area contributed by atoms with Gasteiger partial charge in [-0.3, -0.25) is 9.36 Å². The van der Waals surface area contributed by atoms with Crippen LogP contribution < -0.4 is 4.90 Å². The summed E-state index contributed by atoms with van der Waals surface area (Å²) in [7, 11) is 1.71. The molecule has 0 aliphatic carbocycles. The van der Waals surface area contributed by atoms with Gasteiger partial charge in [0.1, 0.15) is 0 Å². The van der Waals surface area contributed by atoms with Crippen molar-refractivity contribution in [1.29, 1.82) is 0 Å². The van der Waals surface area contributed by atoms with Gasteiger partial charge in [-0.15, -0.1) is 0 Å². The van der Waals surface area contributed by atoms with Crippen molar-refractivity contribution in [2.75, 3.05) is 11.9 Å². The molecule has 124 valence electrons. The van der Waals surface area contributed by atoms with E-state index >= 15 is 0 Å². The van der Waals surface area contributed by atoms with Crippen molar-refractivity contribution in [3.8, 4) is 0 Å². The number of anilines is 1. The fourth-order valence-corrected chi connectivity index (χ4v) is 4.59. The monoisotopic (exact) mass is 351 g/mol. The van der Waals surface area contributed by atoms with Gasteiger partial charge in [0.2, 0.25) is 0 Å². The van der Waals surface area contributed by atoms with Gasteiger partial charge in [0.05, 0.1) is 5.52 Å². The van der Waals surface area contributed by atoms with Crippen LogP contribution in [0.3, 0.4) is 0 Å². The molecule has 5 rings (SSSR count). The average Bonchev–Trinajstić information content (AvgIpc) is 3.06. The number of halogens is 1. The second-order valence-electron chi connectivity index (χ2n) is 6.52. The second-order valence-corrected chi connectivity index (χ2v) is 6.86. The summed E-state index contributed by atoms with van der Waals surface area (Å²) in [5, 5.41) is 0.923. The summed E-state index contributed by atoms with van der Waals surface area (Å²) in [6, 6.07) is 14.7. The number of aromatic nitrogens is 1. The third-order valence-electron chi connectivity index (χ3n) is 5.32. The molecule has 1 aromatic heterocycles. The zero-order valence-corrected chi connectivity index (χ0v) is 14.4. The van der Waals surface area contributed by atoms with Crippen LogP contribution in [-0.2, 0) is 10.3 Å². The lowest BCUT2D eigenvalue weighted by Gasteiger charge is -2.39. The van der Waals surface area contributed by atoms with Gasteiger partial charge in [0.15, 0.2) is 5.54 Å². The molecule has 0 N–H and O–H groups in total. The third-order valence-corrected chi connectivity index (χ3v) is 5.72. The summed E-state index contributed by atoms with van der Waals surface area (Å²) in [5.41, 5.74) is 2.42. The number of rotatable bonds is 0. The van der Waals surface area contributed by atoms with E-state index in [1.807, 2.05) is 55.5 Å². The molecule has 3 aromatic rings. The maximum atomic E-state index is 13.4. The van der Waals surface area contributed by atoms with Crippen LogP contribution in [0.2, 0.25) is 0 Å². The highest BCUT2D eigenvalue weighted by Gasteiger charge is 2.60. The molecule has 1 atom stereocenters. The fourth-order valence-electron chi connectivity index (χ4n) is 4.26. The highest BCUT2D eigenvalue weighted by atomic mass is 35.5. The quantitative estimate of drug-likeness (QED) is 0.581. The number of fused-ring (bicyclic) bond motifs is 3. The molecule has 2 aliphatic heterocycles. The van der Waals surface area contributed by atoms with E-state index in [2.05, 4.69) is 0 Å². The number of carbonyl (C=O) groups is 2. The lowest BCUT2D eigenvalue weighted by atomic mass is 9.82. The van der Waals surface area contributed by atoms with E-state index in [0.29, 0.717) is 0 Å². The molecular formula is C19H14ClN3O2. The maximum Gasteiger partial charge on any atom is 0.345 e. The number of amides is 2. The minimum Gasteiger partial charge on any atom is -0.312 e. The highest BCUT2D eigenvalue weighted by Crippen LogP contribution is 2.52. The SMILES string of the molecule is Cc1cc2cccc3c2n1C(=O)N(Cl)C31C(=O)N(C)c2ccccc21. The van der Waals surface area contributed by atoms with Crippen molar-refractivity contribution in [1.82, 2.24) is 8.99 Å². The number of benzene rings is 2. The predicted molar refractivity (Wildman–Crippen MR) is 95.8 cm³/mol. The van der Waals surface area contributed by atoms with Crippen LogP contribution in [0.1, 0.15) is 16.8 Å². The third kappa shape index (κ3) is 1.42. The molecule has 3 heterocycles. The molecule has 5 nitrogen and oxygen atoms in total. The molecule has 2 amide bonds. The number of aryl methyl sites for hydroxylation is 1. The maximum absolute atomic E-state index is 13.4. The minimum atomic E-state index is -1.34. The molecule has 0 radical (unpaired) electrons. The summed E-state index contributed by atoms with van der Waals surface area (Å²) in [5.74, 6) is -0.227. The Morgan fingerprint density at radius 2 is 1.72 bits per heavy atom. The molecule has 2 aromatic carbocycles. The summed E-state index contributed by atoms with van der Waals surface area (Å²) in [6.07, 6.45) is 0. The topological polar surface area (TPSA) is 45.6 Å². The molecule has 1 unspecified atom stereocenters. The van der Waals surface area contributed by atoms with Gasteiger partial charge in [-0.1, -0.05) is 36.4 Å². The number of carbonyl (C=O) groups excluding carboxylic acids is 2. The van der Waals surface area contributed by atoms with Crippen molar-refractivity contribution in [3.05, 3.63) is 65.4 Å². The summed E-state index contributed by atoms with van der Waals surface area (Å²) in [4.78, 5) is 28.1. The molecule has 25 heavy (non-hydrogen) atoms. The summed E-state index contributed by atoms with van der Waals surface area (Å²) in [6.45, 7) is 1.86. The Balaban J connectivity index is 2.01. The van der Waals surface area contributed by atoms with Gasteiger partial charge >= 0.3 is 6.03 Å². The van der Waals surface area contributed by atoms with E-state index < -0.39 is 11.6 Å². The van der Waals surface area contributed by atoms with E-state index in [-0.39, 0.29) is 5.91 Å². The Morgan fingerprint density at radius 1 is 1.00 bits per heavy atom. The first-order chi connectivity index (χ1) is 12.0. The van der Waals surface area contributed by atoms with Crippen LogP contribution in [0, 0.1) is 6.92 Å². The Kier molecular flexibility index (Phi) is 2.58. The number of hydrogen-bond donors (Lipinski definition) is 0. The predicted octanol–water partition coefficient (Wildman–Crippen LogP) is 3.61. The molecular weight excluding hydrogens is 338 g/mol. The van der Waals surface area contributed by atoms with E-state index in [1.165, 1.54) is 0 Å². The first-order valence-electron chi connectivity index (χ1n) is 7.99. The van der Waals surface area contributed by atoms with Crippen molar-refractivity contribution in [2.24, 2.45) is 0 Å². The van der Waals surface area contributed by atoms with Gasteiger partial charge in [0.25, 0.3) is 5.91 Å². The first kappa shape index (κ1) is 14.5. The van der Waals surface area contributed by atoms with Crippen LogP contribution in [-0.4, -0.2) is 28.0 Å². The molecule has 6 heteroatoms. The van der Waals surface area contributed by atoms with Gasteiger partial charge in [-0.05, 0) is 19.1 Å². The van der Waals surface area contributed by atoms with Gasteiger partial charge in [-0.2, -0.15) is 0 Å². The zero-order valence-electron chi connectivity index (χ0n) is 13.7. The molecule has 0 bridgehead atoms. The van der Waals surface area contributed by atoms with Crippen molar-refractivity contribution in [3.63, 3.8) is 0 Å². The van der Waals surface area contributed by atoms with Crippen LogP contribution in [0.25, 0.3) is 10.9 Å². The van der Waals surface area contributed by atoms with Gasteiger partial charge in [0, 0.05) is 46.7 Å². The lowest BCUT2D eigenvalue weighted by molar-refractivity contribution is -0.124. The van der Waals surface area contributed by atoms with Crippen LogP contribution in [0.15, 0.2) is 48.5 Å². The van der Waals surface area contributed by atoms with Crippen molar-refractivity contribution < 1.29 is 9.59 Å². The second kappa shape index (κ2) is 4.43. The van der Waals surface area contributed by atoms with Crippen LogP contribution in [0.4, 0.5) is 10.5 Å². The Labute approximate surface area is 149 Å². The van der Waals surface area contributed by atoms with Crippen LogP contribution in [0.5, 0.6) is 0 Å². The number of para-hydroxylation sites is 2. The summed E-state index contributed by atoms with van der Waals surface area (Å²) < 4.78 is 2.64. The highest BCUT2D eigenvalue weighted by molar-refractivity contribution is 6.29. The first-order valence-corrected chi connectivity index (χ1v) is 8.33. The molecule has 1 spiro atoms. The lowest BCUT2D eigenvalue weighted by Crippen LogP contribution is -2.55. The number of hydrogen-bond acceptors (Lipinski definition) is 2. The smallest absolute Gasteiger partial charge is 0.312 e. The fraction of sp³-hybridized carbons (Fsp3) is 0.158. The normalized spacial score (nSPS) is 21.6. The standard InChI is InChI=1S/C19H14ClN3O2/c1-11-10-12-6-5-8-14-16(12)22(11)18(25)23(20)19(14)13-7-3-4-9-15(13)21(2)17(19)24/h3-10H,1-2H3. The Bertz CT molecular complexity index is 1100. The van der Waals surface area contributed by atoms with Gasteiger partial charge in [-0.25, -0.2) is 9.21 Å². The van der Waals surface area contributed by atoms with E-state index in [9.17, 15) is 9.59 Å². The summed E-state index contributed by atoms with van der Waals surface area (Å²) >= 11 is 6.58. The van der Waals surface area contributed by atoms with Crippen molar-refractivity contribution >= 4 is 40.3 Å². The Hall–Kier alpha value is -2.79. The minimum absolute atomic E-state index is 0.227. The van der Waals surface area contributed by atoms with E-state index in [4.69, 9.17) is 11.8 Å².